The van der Waals surface area contributed by atoms with Crippen LogP contribution in [0.2, 0.25) is 0 Å². The first-order chi connectivity index (χ1) is 10.2. The Balaban J connectivity index is 1.44. The van der Waals surface area contributed by atoms with E-state index in [2.05, 4.69) is 22.6 Å². The molecule has 3 heteroatoms. The molecule has 0 aromatic rings. The number of hydrogen-bond acceptors (Lipinski definition) is 2. The standard InChI is InChI=1S/C18H27IOS/c19-18(21)20-13-6-9-15-12(10-13)5-8-16-14-3-1-2-11(14)4-7-17(15)16/h11-17H,1-10H2. The molecule has 4 aliphatic carbocycles. The molecule has 0 heterocycles. The van der Waals surface area contributed by atoms with E-state index in [1.54, 1.807) is 25.7 Å². The van der Waals surface area contributed by atoms with Crippen molar-refractivity contribution in [3.05, 3.63) is 0 Å². The zero-order chi connectivity index (χ0) is 14.4. The van der Waals surface area contributed by atoms with Crippen molar-refractivity contribution in [3.8, 4) is 0 Å². The van der Waals surface area contributed by atoms with Crippen LogP contribution in [-0.4, -0.2) is 9.16 Å². The van der Waals surface area contributed by atoms with Crippen LogP contribution < -0.4 is 0 Å². The van der Waals surface area contributed by atoms with Gasteiger partial charge in [-0.25, -0.2) is 0 Å². The van der Waals surface area contributed by atoms with Crippen molar-refractivity contribution in [2.75, 3.05) is 0 Å². The van der Waals surface area contributed by atoms with Gasteiger partial charge in [0.1, 0.15) is 6.10 Å². The normalized spacial score (nSPS) is 48.9. The number of halogens is 1. The fourth-order valence-corrected chi connectivity index (χ4v) is 7.17. The second kappa shape index (κ2) is 6.26. The molecular formula is C18H27IOS. The summed E-state index contributed by atoms with van der Waals surface area (Å²) in [5.74, 6) is 6.34. The molecule has 0 aromatic carbocycles. The van der Waals surface area contributed by atoms with Crippen LogP contribution in [-0.2, 0) is 4.74 Å². The van der Waals surface area contributed by atoms with Gasteiger partial charge in [0.25, 0.3) is 0 Å². The molecule has 118 valence electrons. The molecule has 0 aromatic heterocycles. The van der Waals surface area contributed by atoms with Gasteiger partial charge < -0.3 is 4.74 Å². The lowest BCUT2D eigenvalue weighted by atomic mass is 9.53. The molecule has 0 radical (unpaired) electrons. The summed E-state index contributed by atoms with van der Waals surface area (Å²) >= 11 is 7.28. The summed E-state index contributed by atoms with van der Waals surface area (Å²) in [6.45, 7) is 0. The summed E-state index contributed by atoms with van der Waals surface area (Å²) in [6, 6.07) is 0. The minimum Gasteiger partial charge on any atom is -0.476 e. The lowest BCUT2D eigenvalue weighted by Crippen LogP contribution is -2.45. The van der Waals surface area contributed by atoms with E-state index in [4.69, 9.17) is 17.0 Å². The number of rotatable bonds is 1. The quantitative estimate of drug-likeness (QED) is 0.305. The summed E-state index contributed by atoms with van der Waals surface area (Å²) in [4.78, 5) is 0. The minimum absolute atomic E-state index is 0.426. The second-order valence-corrected chi connectivity index (χ2v) is 10.1. The third-order valence-corrected chi connectivity index (χ3v) is 7.71. The SMILES string of the molecule is S=C(I)OC1CCC2C(CCC3C4CCCC4CCC23)C1. The van der Waals surface area contributed by atoms with Gasteiger partial charge in [-0.3, -0.25) is 0 Å². The molecule has 0 aliphatic heterocycles. The van der Waals surface area contributed by atoms with Gasteiger partial charge in [-0.1, -0.05) is 12.8 Å². The zero-order valence-electron chi connectivity index (χ0n) is 12.8. The highest BCUT2D eigenvalue weighted by molar-refractivity contribution is 14.1. The first kappa shape index (κ1) is 15.2. The number of thiocarbonyl (C=S) groups is 1. The third-order valence-electron chi connectivity index (χ3n) is 7.36. The molecular weight excluding hydrogens is 391 g/mol. The van der Waals surface area contributed by atoms with Crippen LogP contribution in [0, 0.1) is 35.5 Å². The van der Waals surface area contributed by atoms with Gasteiger partial charge in [-0.15, -0.1) is 0 Å². The van der Waals surface area contributed by atoms with E-state index >= 15 is 0 Å². The maximum Gasteiger partial charge on any atom is 0.222 e. The Kier molecular flexibility index (Phi) is 4.52. The van der Waals surface area contributed by atoms with Crippen molar-refractivity contribution in [3.63, 3.8) is 0 Å². The van der Waals surface area contributed by atoms with Crippen molar-refractivity contribution in [1.29, 1.82) is 0 Å². The van der Waals surface area contributed by atoms with E-state index in [-0.39, 0.29) is 0 Å². The molecule has 7 unspecified atom stereocenters. The highest BCUT2D eigenvalue weighted by Gasteiger charge is 2.49. The number of ether oxygens (including phenoxy) is 1. The molecule has 4 aliphatic rings. The molecule has 4 saturated carbocycles. The van der Waals surface area contributed by atoms with E-state index in [1.165, 1.54) is 38.5 Å². The van der Waals surface area contributed by atoms with Crippen molar-refractivity contribution in [1.82, 2.24) is 0 Å². The molecule has 0 bridgehead atoms. The summed E-state index contributed by atoms with van der Waals surface area (Å²) < 4.78 is 6.58. The lowest BCUT2D eigenvalue weighted by Gasteiger charge is -2.52. The van der Waals surface area contributed by atoms with Gasteiger partial charge in [0.2, 0.25) is 3.06 Å². The average molecular weight is 418 g/mol. The van der Waals surface area contributed by atoms with Gasteiger partial charge in [0, 0.05) is 22.6 Å². The molecule has 0 spiro atoms. The monoisotopic (exact) mass is 418 g/mol. The summed E-state index contributed by atoms with van der Waals surface area (Å²) in [7, 11) is 0. The average Bonchev–Trinajstić information content (AvgIpc) is 2.94. The van der Waals surface area contributed by atoms with E-state index in [1.807, 2.05) is 0 Å². The molecule has 0 amide bonds. The van der Waals surface area contributed by atoms with Crippen molar-refractivity contribution in [2.24, 2.45) is 35.5 Å². The highest BCUT2D eigenvalue weighted by atomic mass is 127. The molecule has 0 saturated heterocycles. The van der Waals surface area contributed by atoms with Crippen LogP contribution in [0.3, 0.4) is 0 Å². The number of hydrogen-bond donors (Lipinski definition) is 0. The smallest absolute Gasteiger partial charge is 0.222 e. The van der Waals surface area contributed by atoms with Gasteiger partial charge in [-0.2, -0.15) is 0 Å². The van der Waals surface area contributed by atoms with E-state index in [0.29, 0.717) is 6.10 Å². The Morgan fingerprint density at radius 2 is 1.43 bits per heavy atom. The summed E-state index contributed by atoms with van der Waals surface area (Å²) in [5, 5.41) is 0. The van der Waals surface area contributed by atoms with Gasteiger partial charge >= 0.3 is 0 Å². The number of fused-ring (bicyclic) bond motifs is 5. The first-order valence-corrected chi connectivity index (χ1v) is 10.6. The van der Waals surface area contributed by atoms with Crippen molar-refractivity contribution in [2.45, 2.75) is 70.3 Å². The third kappa shape index (κ3) is 2.90. The predicted molar refractivity (Wildman–Crippen MR) is 98.6 cm³/mol. The molecule has 7 atom stereocenters. The Bertz CT molecular complexity index is 412. The second-order valence-electron chi connectivity index (χ2n) is 8.05. The maximum atomic E-state index is 5.86. The molecule has 1 nitrogen and oxygen atoms in total. The topological polar surface area (TPSA) is 9.23 Å². The first-order valence-electron chi connectivity index (χ1n) is 9.08. The largest absolute Gasteiger partial charge is 0.476 e. The van der Waals surface area contributed by atoms with Crippen LogP contribution >= 0.6 is 34.8 Å². The van der Waals surface area contributed by atoms with E-state index < -0.39 is 0 Å². The van der Waals surface area contributed by atoms with Crippen LogP contribution in [0.1, 0.15) is 64.2 Å². The van der Waals surface area contributed by atoms with Crippen LogP contribution in [0.25, 0.3) is 0 Å². The fraction of sp³-hybridized carbons (Fsp3) is 0.944. The molecule has 21 heavy (non-hydrogen) atoms. The van der Waals surface area contributed by atoms with Gasteiger partial charge in [0.15, 0.2) is 0 Å². The molecule has 4 fully saturated rings. The lowest BCUT2D eigenvalue weighted by molar-refractivity contribution is -0.0417. The highest BCUT2D eigenvalue weighted by Crippen LogP contribution is 2.57. The molecule has 0 N–H and O–H groups in total. The van der Waals surface area contributed by atoms with Crippen LogP contribution in [0.5, 0.6) is 0 Å². The van der Waals surface area contributed by atoms with Crippen molar-refractivity contribution < 1.29 is 4.74 Å². The Morgan fingerprint density at radius 3 is 2.19 bits per heavy atom. The maximum absolute atomic E-state index is 5.86. The predicted octanol–water partition coefficient (Wildman–Crippen LogP) is 5.74. The summed E-state index contributed by atoms with van der Waals surface area (Å²) in [5.41, 5.74) is 0. The van der Waals surface area contributed by atoms with Crippen LogP contribution in [0.15, 0.2) is 0 Å². The minimum atomic E-state index is 0.426. The van der Waals surface area contributed by atoms with Crippen molar-refractivity contribution >= 4 is 37.9 Å². The fourth-order valence-electron chi connectivity index (χ4n) is 6.67. The van der Waals surface area contributed by atoms with Crippen LogP contribution in [0.4, 0.5) is 0 Å². The van der Waals surface area contributed by atoms with E-state index in [0.717, 1.165) is 38.6 Å². The Hall–Kier alpha value is 0.620. The van der Waals surface area contributed by atoms with E-state index in [9.17, 15) is 0 Å². The Morgan fingerprint density at radius 1 is 0.762 bits per heavy atom. The zero-order valence-corrected chi connectivity index (χ0v) is 15.8. The van der Waals surface area contributed by atoms with Gasteiger partial charge in [0.05, 0.1) is 0 Å². The summed E-state index contributed by atoms with van der Waals surface area (Å²) in [6.07, 6.45) is 15.1. The molecule has 4 rings (SSSR count). The van der Waals surface area contributed by atoms with Gasteiger partial charge in [-0.05, 0) is 99.1 Å². The Labute approximate surface area is 148 Å².